The molecule has 216 valence electrons. The van der Waals surface area contributed by atoms with Gasteiger partial charge in [-0.05, 0) is 74.2 Å². The number of halogens is 1. The van der Waals surface area contributed by atoms with Crippen LogP contribution >= 0.6 is 12.4 Å². The molecular formula is C30H42ClNO7. The number of methoxy groups -OCH3 is 3. The summed E-state index contributed by atoms with van der Waals surface area (Å²) >= 11 is 0. The first kappa shape index (κ1) is 27.7. The molecule has 3 unspecified atom stereocenters. The van der Waals surface area contributed by atoms with Crippen molar-refractivity contribution >= 4 is 18.4 Å². The summed E-state index contributed by atoms with van der Waals surface area (Å²) in [6, 6.07) is 7.01. The number of carbonyl (C=O) groups excluding carboxylic acids is 1. The Balaban J connectivity index is 0.00000277. The molecule has 1 saturated heterocycles. The number of aliphatic hydroxyl groups is 2. The van der Waals surface area contributed by atoms with E-state index in [1.807, 2.05) is 7.11 Å². The molecule has 8 nitrogen and oxygen atoms in total. The van der Waals surface area contributed by atoms with Gasteiger partial charge in [0.2, 0.25) is 0 Å². The number of carbonyl (C=O) groups is 1. The number of ether oxygens (including phenoxy) is 4. The number of esters is 1. The van der Waals surface area contributed by atoms with Crippen LogP contribution in [0, 0.1) is 35.0 Å². The van der Waals surface area contributed by atoms with Gasteiger partial charge in [-0.25, -0.2) is 4.79 Å². The summed E-state index contributed by atoms with van der Waals surface area (Å²) in [6.07, 6.45) is 2.50. The average Bonchev–Trinajstić information content (AvgIpc) is 3.31. The molecule has 1 aromatic rings. The maximum Gasteiger partial charge on any atom is 0.338 e. The summed E-state index contributed by atoms with van der Waals surface area (Å²) in [6.45, 7) is 4.23. The second-order valence-electron chi connectivity index (χ2n) is 12.8. The van der Waals surface area contributed by atoms with E-state index in [4.69, 9.17) is 18.9 Å². The number of fused-ring (bicyclic) bond motifs is 2. The molecule has 1 spiro atoms. The topological polar surface area (TPSA) is 97.7 Å². The highest BCUT2D eigenvalue weighted by Gasteiger charge is 2.84. The molecule has 0 radical (unpaired) electrons. The van der Waals surface area contributed by atoms with Crippen LogP contribution in [0.25, 0.3) is 0 Å². The van der Waals surface area contributed by atoms with E-state index < -0.39 is 29.4 Å². The van der Waals surface area contributed by atoms with Gasteiger partial charge in [-0.15, -0.1) is 12.4 Å². The Morgan fingerprint density at radius 2 is 1.69 bits per heavy atom. The zero-order chi connectivity index (χ0) is 26.6. The lowest BCUT2D eigenvalue weighted by Crippen LogP contribution is -2.75. The minimum Gasteiger partial charge on any atom is -0.497 e. The highest BCUT2D eigenvalue weighted by atomic mass is 35.5. The van der Waals surface area contributed by atoms with Crippen molar-refractivity contribution in [3.63, 3.8) is 0 Å². The Morgan fingerprint density at radius 3 is 2.33 bits per heavy atom. The van der Waals surface area contributed by atoms with E-state index in [-0.39, 0.29) is 47.7 Å². The van der Waals surface area contributed by atoms with Gasteiger partial charge < -0.3 is 29.2 Å². The first-order valence-corrected chi connectivity index (χ1v) is 14.4. The number of nitrogens with zero attached hydrogens (tertiary/aromatic N) is 1. The van der Waals surface area contributed by atoms with Crippen LogP contribution in [0.3, 0.4) is 0 Å². The predicted octanol–water partition coefficient (Wildman–Crippen LogP) is 2.92. The zero-order valence-electron chi connectivity index (χ0n) is 23.2. The number of hydrogen-bond donors (Lipinski definition) is 2. The van der Waals surface area contributed by atoms with Crippen molar-refractivity contribution in [3.05, 3.63) is 29.8 Å². The van der Waals surface area contributed by atoms with Gasteiger partial charge in [-0.3, -0.25) is 4.90 Å². The molecule has 1 heterocycles. The molecular weight excluding hydrogens is 522 g/mol. The molecule has 1 aliphatic heterocycles. The molecule has 5 saturated carbocycles. The number of benzene rings is 1. The fourth-order valence-electron chi connectivity index (χ4n) is 11.0. The van der Waals surface area contributed by atoms with Gasteiger partial charge in [0.15, 0.2) is 0 Å². The second-order valence-corrected chi connectivity index (χ2v) is 12.8. The molecule has 0 aromatic heterocycles. The third-order valence-electron chi connectivity index (χ3n) is 12.1. The third kappa shape index (κ3) is 3.27. The van der Waals surface area contributed by atoms with E-state index in [1.165, 1.54) is 0 Å². The van der Waals surface area contributed by atoms with Crippen LogP contribution in [0.5, 0.6) is 5.75 Å². The van der Waals surface area contributed by atoms with Gasteiger partial charge >= 0.3 is 5.97 Å². The largest absolute Gasteiger partial charge is 0.497 e. The monoisotopic (exact) mass is 563 g/mol. The van der Waals surface area contributed by atoms with E-state index in [9.17, 15) is 15.0 Å². The fourth-order valence-corrected chi connectivity index (χ4v) is 11.0. The normalized spacial score (nSPS) is 48.8. The van der Waals surface area contributed by atoms with Gasteiger partial charge in [0.25, 0.3) is 0 Å². The maximum absolute atomic E-state index is 13.5. The third-order valence-corrected chi connectivity index (χ3v) is 12.1. The van der Waals surface area contributed by atoms with E-state index in [2.05, 4.69) is 11.8 Å². The molecule has 7 bridgehead atoms. The summed E-state index contributed by atoms with van der Waals surface area (Å²) in [5.74, 6) is 0.810. The van der Waals surface area contributed by atoms with Gasteiger partial charge in [-0.2, -0.15) is 0 Å². The summed E-state index contributed by atoms with van der Waals surface area (Å²) in [7, 11) is 5.01. The summed E-state index contributed by atoms with van der Waals surface area (Å²) in [5.41, 5.74) is -2.24. The lowest BCUT2D eigenvalue weighted by atomic mass is 9.46. The van der Waals surface area contributed by atoms with Gasteiger partial charge in [0, 0.05) is 50.5 Å². The highest BCUT2D eigenvalue weighted by Crippen LogP contribution is 2.77. The van der Waals surface area contributed by atoms with Crippen LogP contribution < -0.4 is 4.74 Å². The van der Waals surface area contributed by atoms with E-state index >= 15 is 0 Å². The Labute approximate surface area is 236 Å². The average molecular weight is 564 g/mol. The Morgan fingerprint density at radius 1 is 0.974 bits per heavy atom. The van der Waals surface area contributed by atoms with Crippen molar-refractivity contribution in [1.29, 1.82) is 0 Å². The van der Waals surface area contributed by atoms with Crippen molar-refractivity contribution < 1.29 is 34.0 Å². The molecule has 1 aromatic carbocycles. The molecule has 9 heteroatoms. The second kappa shape index (κ2) is 9.30. The minimum absolute atomic E-state index is 0. The first-order valence-electron chi connectivity index (χ1n) is 14.4. The Bertz CT molecular complexity index is 1120. The van der Waals surface area contributed by atoms with Gasteiger partial charge in [-0.1, -0.05) is 6.92 Å². The minimum atomic E-state index is -1.37. The molecule has 6 fully saturated rings. The van der Waals surface area contributed by atoms with Crippen LogP contribution in [0.1, 0.15) is 49.4 Å². The summed E-state index contributed by atoms with van der Waals surface area (Å²) in [4.78, 5) is 16.1. The lowest BCUT2D eigenvalue weighted by Gasteiger charge is -2.67. The molecule has 7 rings (SSSR count). The van der Waals surface area contributed by atoms with Crippen molar-refractivity contribution in [2.24, 2.45) is 35.0 Å². The van der Waals surface area contributed by atoms with Crippen LogP contribution in [-0.4, -0.2) is 91.1 Å². The molecule has 2 N–H and O–H groups in total. The van der Waals surface area contributed by atoms with Crippen molar-refractivity contribution in [1.82, 2.24) is 4.90 Å². The van der Waals surface area contributed by atoms with Gasteiger partial charge in [0.1, 0.15) is 17.5 Å². The maximum atomic E-state index is 13.5. The van der Waals surface area contributed by atoms with E-state index in [0.717, 1.165) is 32.4 Å². The number of rotatable bonds is 6. The standard InChI is InChI=1S/C30H41NO7.ClH/c1-5-31-15-17-8-11-22(36-3)30-19(17)12-20(25(30)31)28(33)14-23(37-4)29(34)13-21(30)24(28)26(29)38-27(32)16-6-9-18(35-2)10-7-16;/h6-7,9-10,17,19-26,33-34H,5,8,11-15H2,1-4H3;1H/t17-,19+,20-,21+,22?,23?,24+,25+,26?,28-,29-,30-;/m0./s1. The zero-order valence-corrected chi connectivity index (χ0v) is 24.1. The number of likely N-dealkylation sites (tertiary alicyclic amines) is 1. The molecule has 0 amide bonds. The van der Waals surface area contributed by atoms with Crippen LogP contribution in [0.15, 0.2) is 24.3 Å². The SMILES string of the molecule is CCN1C[C@@H]2CCC(OC)[C@@]34[C@@H]2C[C@@H]([C@@H]13)[C@@]1(O)CC(OC)[C@@]2(O)C[C@@H]4[C@@H]1C2OC(=O)c1ccc(OC)cc1.Cl. The lowest BCUT2D eigenvalue weighted by molar-refractivity contribution is -0.271. The van der Waals surface area contributed by atoms with Crippen LogP contribution in [-0.2, 0) is 14.2 Å². The number of piperidine rings is 1. The fraction of sp³-hybridized carbons (Fsp3) is 0.767. The van der Waals surface area contributed by atoms with Crippen molar-refractivity contribution in [3.8, 4) is 5.75 Å². The number of hydrogen-bond acceptors (Lipinski definition) is 8. The Hall–Kier alpha value is -1.42. The molecule has 6 aliphatic rings. The van der Waals surface area contributed by atoms with Crippen molar-refractivity contribution in [2.45, 2.75) is 74.6 Å². The highest BCUT2D eigenvalue weighted by molar-refractivity contribution is 5.89. The quantitative estimate of drug-likeness (QED) is 0.510. The van der Waals surface area contributed by atoms with Crippen LogP contribution in [0.4, 0.5) is 0 Å². The molecule has 5 aliphatic carbocycles. The Kier molecular flexibility index (Phi) is 6.61. The smallest absolute Gasteiger partial charge is 0.338 e. The van der Waals surface area contributed by atoms with Crippen LogP contribution in [0.2, 0.25) is 0 Å². The van der Waals surface area contributed by atoms with Crippen molar-refractivity contribution in [2.75, 3.05) is 34.4 Å². The van der Waals surface area contributed by atoms with Gasteiger partial charge in [0.05, 0.1) is 30.5 Å². The van der Waals surface area contributed by atoms with E-state index in [0.29, 0.717) is 36.0 Å². The predicted molar refractivity (Wildman–Crippen MR) is 145 cm³/mol. The molecule has 12 atom stereocenters. The summed E-state index contributed by atoms with van der Waals surface area (Å²) in [5, 5.41) is 25.1. The summed E-state index contributed by atoms with van der Waals surface area (Å²) < 4.78 is 23.7. The first-order chi connectivity index (χ1) is 18.3. The molecule has 39 heavy (non-hydrogen) atoms. The van der Waals surface area contributed by atoms with E-state index in [1.54, 1.807) is 38.5 Å².